The molecule has 3 rings (SSSR count). The highest BCUT2D eigenvalue weighted by Gasteiger charge is 2.45. The molecule has 1 fully saturated rings. The maximum absolute atomic E-state index is 12.4. The second-order valence-electron chi connectivity index (χ2n) is 6.26. The van der Waals surface area contributed by atoms with E-state index in [9.17, 15) is 9.90 Å². The summed E-state index contributed by atoms with van der Waals surface area (Å²) >= 11 is 8.00. The number of nitrogens with one attached hydrogen (secondary N) is 1. The van der Waals surface area contributed by atoms with Crippen molar-refractivity contribution in [2.75, 3.05) is 17.6 Å². The Hall–Kier alpha value is -1.50. The molecule has 134 valence electrons. The summed E-state index contributed by atoms with van der Waals surface area (Å²) in [5, 5.41) is 18.3. The number of benzene rings is 1. The Bertz CT molecular complexity index is 784. The van der Waals surface area contributed by atoms with Crippen molar-refractivity contribution in [3.8, 4) is 0 Å². The van der Waals surface area contributed by atoms with Gasteiger partial charge in [-0.1, -0.05) is 48.9 Å². The van der Waals surface area contributed by atoms with Gasteiger partial charge in [0.25, 0.3) is 5.56 Å². The van der Waals surface area contributed by atoms with E-state index in [-0.39, 0.29) is 15.8 Å². The van der Waals surface area contributed by atoms with E-state index in [1.807, 2.05) is 30.3 Å². The number of anilines is 1. The Morgan fingerprint density at radius 2 is 2.20 bits per heavy atom. The van der Waals surface area contributed by atoms with Crippen molar-refractivity contribution in [1.29, 1.82) is 0 Å². The van der Waals surface area contributed by atoms with E-state index in [1.54, 1.807) is 18.0 Å². The SMILES string of the molecule is CCSC1CCC1(O)CNc1cnn(Cc2ccccc2)c(=O)c1Cl. The van der Waals surface area contributed by atoms with E-state index in [0.29, 0.717) is 18.8 Å². The van der Waals surface area contributed by atoms with Crippen LogP contribution in [0.4, 0.5) is 5.69 Å². The zero-order valence-electron chi connectivity index (χ0n) is 14.1. The second-order valence-corrected chi connectivity index (χ2v) is 8.12. The van der Waals surface area contributed by atoms with Gasteiger partial charge < -0.3 is 10.4 Å². The summed E-state index contributed by atoms with van der Waals surface area (Å²) in [5.41, 5.74) is 0.368. The number of rotatable bonds is 7. The lowest BCUT2D eigenvalue weighted by Crippen LogP contribution is -2.54. The number of hydrogen-bond acceptors (Lipinski definition) is 5. The zero-order chi connectivity index (χ0) is 17.9. The van der Waals surface area contributed by atoms with Crippen molar-refractivity contribution in [1.82, 2.24) is 9.78 Å². The Kier molecular flexibility index (Phi) is 5.71. The first-order chi connectivity index (χ1) is 12.0. The van der Waals surface area contributed by atoms with E-state index >= 15 is 0 Å². The molecule has 0 saturated heterocycles. The first kappa shape index (κ1) is 18.3. The lowest BCUT2D eigenvalue weighted by Gasteiger charge is -2.45. The monoisotopic (exact) mass is 379 g/mol. The molecule has 1 aromatic heterocycles. The normalized spacial score (nSPS) is 22.4. The fourth-order valence-corrected chi connectivity index (χ4v) is 4.35. The highest BCUT2D eigenvalue weighted by Crippen LogP contribution is 2.41. The molecule has 1 aliphatic carbocycles. The van der Waals surface area contributed by atoms with Crippen LogP contribution < -0.4 is 10.9 Å². The fraction of sp³-hybridized carbons (Fsp3) is 0.444. The summed E-state index contributed by atoms with van der Waals surface area (Å²) in [6, 6.07) is 9.64. The minimum atomic E-state index is -0.747. The van der Waals surface area contributed by atoms with Gasteiger partial charge in [0.2, 0.25) is 0 Å². The quantitative estimate of drug-likeness (QED) is 0.774. The van der Waals surface area contributed by atoms with E-state index in [1.165, 1.54) is 4.68 Å². The zero-order valence-corrected chi connectivity index (χ0v) is 15.7. The molecule has 1 aliphatic rings. The van der Waals surface area contributed by atoms with Gasteiger partial charge in [-0.2, -0.15) is 16.9 Å². The van der Waals surface area contributed by atoms with Gasteiger partial charge in [0, 0.05) is 11.8 Å². The van der Waals surface area contributed by atoms with Crippen molar-refractivity contribution < 1.29 is 5.11 Å². The average Bonchev–Trinajstić information content (AvgIpc) is 2.62. The maximum atomic E-state index is 12.4. The molecule has 2 unspecified atom stereocenters. The molecule has 0 radical (unpaired) electrons. The maximum Gasteiger partial charge on any atom is 0.287 e. The highest BCUT2D eigenvalue weighted by molar-refractivity contribution is 8.00. The third kappa shape index (κ3) is 4.02. The topological polar surface area (TPSA) is 67.2 Å². The molecular formula is C18H22ClN3O2S. The predicted molar refractivity (Wildman–Crippen MR) is 104 cm³/mol. The van der Waals surface area contributed by atoms with Gasteiger partial charge in [0.1, 0.15) is 5.02 Å². The molecule has 0 amide bonds. The van der Waals surface area contributed by atoms with Crippen molar-refractivity contribution in [2.24, 2.45) is 0 Å². The number of hydrogen-bond donors (Lipinski definition) is 2. The summed E-state index contributed by atoms with van der Waals surface area (Å²) in [4.78, 5) is 12.4. The van der Waals surface area contributed by atoms with Gasteiger partial charge in [-0.25, -0.2) is 4.68 Å². The molecule has 2 N–H and O–H groups in total. The third-order valence-electron chi connectivity index (χ3n) is 4.55. The third-order valence-corrected chi connectivity index (χ3v) is 6.33. The summed E-state index contributed by atoms with van der Waals surface area (Å²) < 4.78 is 1.34. The fourth-order valence-electron chi connectivity index (χ4n) is 2.94. The van der Waals surface area contributed by atoms with Crippen LogP contribution in [0.15, 0.2) is 41.3 Å². The number of aromatic nitrogens is 2. The lowest BCUT2D eigenvalue weighted by atomic mass is 9.79. The van der Waals surface area contributed by atoms with E-state index in [2.05, 4.69) is 17.3 Å². The van der Waals surface area contributed by atoms with Crippen LogP contribution in [0.5, 0.6) is 0 Å². The van der Waals surface area contributed by atoms with Crippen LogP contribution in [-0.4, -0.2) is 38.0 Å². The largest absolute Gasteiger partial charge is 0.387 e. The van der Waals surface area contributed by atoms with Crippen LogP contribution in [0.3, 0.4) is 0 Å². The molecule has 1 heterocycles. The highest BCUT2D eigenvalue weighted by atomic mass is 35.5. The van der Waals surface area contributed by atoms with Crippen molar-refractivity contribution in [3.63, 3.8) is 0 Å². The van der Waals surface area contributed by atoms with Gasteiger partial charge in [-0.3, -0.25) is 4.79 Å². The average molecular weight is 380 g/mol. The summed E-state index contributed by atoms with van der Waals surface area (Å²) in [5.74, 6) is 0.977. The van der Waals surface area contributed by atoms with Crippen LogP contribution >= 0.6 is 23.4 Å². The van der Waals surface area contributed by atoms with Crippen molar-refractivity contribution in [3.05, 3.63) is 57.5 Å². The van der Waals surface area contributed by atoms with Crippen LogP contribution in [0, 0.1) is 0 Å². The molecule has 0 spiro atoms. The molecule has 25 heavy (non-hydrogen) atoms. The minimum absolute atomic E-state index is 0.105. The van der Waals surface area contributed by atoms with Gasteiger partial charge in [0.05, 0.1) is 24.0 Å². The summed E-state index contributed by atoms with van der Waals surface area (Å²) in [6.07, 6.45) is 3.33. The smallest absolute Gasteiger partial charge is 0.287 e. The molecule has 0 aliphatic heterocycles. The van der Waals surface area contributed by atoms with Crippen molar-refractivity contribution in [2.45, 2.75) is 37.2 Å². The van der Waals surface area contributed by atoms with Crippen LogP contribution in [0.1, 0.15) is 25.3 Å². The minimum Gasteiger partial charge on any atom is -0.387 e. The molecular weight excluding hydrogens is 358 g/mol. The molecule has 1 aromatic carbocycles. The Balaban J connectivity index is 1.69. The summed E-state index contributed by atoms with van der Waals surface area (Å²) in [6.45, 7) is 2.83. The van der Waals surface area contributed by atoms with Gasteiger partial charge in [-0.15, -0.1) is 0 Å². The van der Waals surface area contributed by atoms with Crippen LogP contribution in [0.25, 0.3) is 0 Å². The molecule has 5 nitrogen and oxygen atoms in total. The Morgan fingerprint density at radius 1 is 1.44 bits per heavy atom. The Morgan fingerprint density at radius 3 is 2.84 bits per heavy atom. The number of halogens is 1. The first-order valence-electron chi connectivity index (χ1n) is 8.41. The molecule has 7 heteroatoms. The van der Waals surface area contributed by atoms with Gasteiger partial charge in [0.15, 0.2) is 0 Å². The predicted octanol–water partition coefficient (Wildman–Crippen LogP) is 3.00. The molecule has 0 bridgehead atoms. The van der Waals surface area contributed by atoms with Crippen LogP contribution in [-0.2, 0) is 6.54 Å². The first-order valence-corrected chi connectivity index (χ1v) is 9.83. The van der Waals surface area contributed by atoms with Gasteiger partial charge in [-0.05, 0) is 24.2 Å². The number of nitrogens with zero attached hydrogens (tertiary/aromatic N) is 2. The number of aliphatic hydroxyl groups is 1. The van der Waals surface area contributed by atoms with E-state index in [0.717, 1.165) is 24.2 Å². The van der Waals surface area contributed by atoms with E-state index < -0.39 is 5.60 Å². The molecule has 1 saturated carbocycles. The second kappa shape index (κ2) is 7.81. The molecule has 2 aromatic rings. The van der Waals surface area contributed by atoms with Crippen molar-refractivity contribution >= 4 is 29.1 Å². The lowest BCUT2D eigenvalue weighted by molar-refractivity contribution is -0.0120. The Labute approximate surface area is 156 Å². The standard InChI is InChI=1S/C18H22ClN3O2S/c1-2-25-15-8-9-18(15,24)12-20-14-10-21-22(17(23)16(14)19)11-13-6-4-3-5-7-13/h3-7,10,15,20,24H,2,8-9,11-12H2,1H3. The van der Waals surface area contributed by atoms with Crippen LogP contribution in [0.2, 0.25) is 5.02 Å². The van der Waals surface area contributed by atoms with Gasteiger partial charge >= 0.3 is 0 Å². The molecule has 2 atom stereocenters. The number of thioether (sulfide) groups is 1. The van der Waals surface area contributed by atoms with E-state index in [4.69, 9.17) is 11.6 Å². The summed E-state index contributed by atoms with van der Waals surface area (Å²) in [7, 11) is 0.